The van der Waals surface area contributed by atoms with E-state index in [0.717, 1.165) is 5.70 Å². The molecular formula is C24H23ClN4O3S. The maximum atomic E-state index is 13.5. The molecular weight excluding hydrogens is 460 g/mol. The number of hydrogen-bond donors (Lipinski definition) is 2. The number of benzene rings is 2. The van der Waals surface area contributed by atoms with Crippen molar-refractivity contribution in [2.24, 2.45) is 16.3 Å². The van der Waals surface area contributed by atoms with Crippen molar-refractivity contribution in [1.29, 1.82) is 5.26 Å². The van der Waals surface area contributed by atoms with Crippen molar-refractivity contribution in [2.75, 3.05) is 4.90 Å². The van der Waals surface area contributed by atoms with E-state index in [-0.39, 0.29) is 27.5 Å². The Labute approximate surface area is 198 Å². The lowest BCUT2D eigenvalue weighted by Gasteiger charge is -2.43. The Kier molecular flexibility index (Phi) is 5.61. The molecule has 4 N–H and O–H groups in total. The van der Waals surface area contributed by atoms with Gasteiger partial charge in [0, 0.05) is 28.4 Å². The number of Topliss-reactive ketones (excluding diaryl/α,β-unsaturated/α-hetero) is 1. The van der Waals surface area contributed by atoms with Gasteiger partial charge in [0.15, 0.2) is 5.78 Å². The number of anilines is 1. The number of sulfonamides is 1. The van der Waals surface area contributed by atoms with Gasteiger partial charge in [-0.15, -0.1) is 0 Å². The van der Waals surface area contributed by atoms with Crippen molar-refractivity contribution < 1.29 is 13.2 Å². The molecule has 33 heavy (non-hydrogen) atoms. The maximum Gasteiger partial charge on any atom is 0.238 e. The van der Waals surface area contributed by atoms with Gasteiger partial charge < -0.3 is 5.73 Å². The minimum absolute atomic E-state index is 0.0504. The van der Waals surface area contributed by atoms with Crippen molar-refractivity contribution in [1.82, 2.24) is 0 Å². The lowest BCUT2D eigenvalue weighted by Crippen LogP contribution is -2.42. The lowest BCUT2D eigenvalue weighted by molar-refractivity contribution is -0.118. The highest BCUT2D eigenvalue weighted by Gasteiger charge is 2.44. The number of nitrogens with zero attached hydrogens (tertiary/aromatic N) is 2. The number of ketones is 1. The molecule has 9 heteroatoms. The van der Waals surface area contributed by atoms with E-state index in [1.807, 2.05) is 13.8 Å². The Morgan fingerprint density at radius 1 is 1.09 bits per heavy atom. The van der Waals surface area contributed by atoms with Gasteiger partial charge in [-0.2, -0.15) is 5.26 Å². The molecule has 0 fully saturated rings. The van der Waals surface area contributed by atoms with Gasteiger partial charge >= 0.3 is 0 Å². The Morgan fingerprint density at radius 3 is 2.24 bits per heavy atom. The number of primary sulfonamides is 1. The standard InChI is InChI=1S/C24H23ClN4O3S/c1-24(2)11-19-22(20(30)12-24)21(14-3-9-17(10-4-14)33(28,31)32)18(13-26)23(27)29(19)16-7-5-15(25)6-8-16/h3-10,21H,11-12,27H2,1-2H3,(H2,28,31,32)/t21-/m1/s1. The van der Waals surface area contributed by atoms with E-state index in [1.54, 1.807) is 41.3 Å². The summed E-state index contributed by atoms with van der Waals surface area (Å²) in [5.41, 5.74) is 9.01. The molecule has 2 aliphatic rings. The first-order chi connectivity index (χ1) is 15.4. The van der Waals surface area contributed by atoms with E-state index in [1.165, 1.54) is 12.1 Å². The van der Waals surface area contributed by atoms with Gasteiger partial charge in [0.1, 0.15) is 5.82 Å². The Balaban J connectivity index is 1.96. The van der Waals surface area contributed by atoms with Gasteiger partial charge in [0.25, 0.3) is 0 Å². The fourth-order valence-electron chi connectivity index (χ4n) is 4.58. The minimum Gasteiger partial charge on any atom is -0.384 e. The molecule has 1 atom stereocenters. The summed E-state index contributed by atoms with van der Waals surface area (Å²) in [4.78, 5) is 15.2. The minimum atomic E-state index is -3.88. The van der Waals surface area contributed by atoms with Crippen LogP contribution in [0.1, 0.15) is 38.2 Å². The number of allylic oxidation sites excluding steroid dienone is 3. The molecule has 0 bridgehead atoms. The zero-order valence-electron chi connectivity index (χ0n) is 18.2. The SMILES string of the molecule is CC1(C)CC(=O)C2=C(C1)N(c1ccc(Cl)cc1)C(N)=C(C#N)[C@H]2c1ccc(S(N)(=O)=O)cc1. The third-order valence-electron chi connectivity index (χ3n) is 6.01. The predicted molar refractivity (Wildman–Crippen MR) is 126 cm³/mol. The van der Waals surface area contributed by atoms with Gasteiger partial charge in [0.05, 0.1) is 22.5 Å². The van der Waals surface area contributed by atoms with Crippen LogP contribution in [0.25, 0.3) is 0 Å². The topological polar surface area (TPSA) is 130 Å². The zero-order chi connectivity index (χ0) is 24.1. The number of carbonyl (C=O) groups is 1. The second-order valence-corrected chi connectivity index (χ2v) is 11.1. The number of hydrogen-bond acceptors (Lipinski definition) is 6. The Hall–Kier alpha value is -3.12. The van der Waals surface area contributed by atoms with E-state index in [9.17, 15) is 18.5 Å². The van der Waals surface area contributed by atoms with Crippen LogP contribution in [0.15, 0.2) is 76.1 Å². The average Bonchev–Trinajstić information content (AvgIpc) is 2.72. The van der Waals surface area contributed by atoms with Crippen molar-refractivity contribution in [2.45, 2.75) is 37.5 Å². The van der Waals surface area contributed by atoms with Gasteiger partial charge in [0.2, 0.25) is 10.0 Å². The summed E-state index contributed by atoms with van der Waals surface area (Å²) in [6.45, 7) is 4.04. The molecule has 2 aromatic rings. The third-order valence-corrected chi connectivity index (χ3v) is 7.19. The van der Waals surface area contributed by atoms with Crippen LogP contribution >= 0.6 is 11.6 Å². The zero-order valence-corrected chi connectivity index (χ0v) is 19.7. The highest BCUT2D eigenvalue weighted by Crippen LogP contribution is 2.50. The van der Waals surface area contributed by atoms with Crippen LogP contribution < -0.4 is 15.8 Å². The molecule has 0 spiro atoms. The van der Waals surface area contributed by atoms with Gasteiger partial charge in [-0.25, -0.2) is 13.6 Å². The second-order valence-electron chi connectivity index (χ2n) is 9.07. The summed E-state index contributed by atoms with van der Waals surface area (Å²) in [6, 6.07) is 15.1. The fourth-order valence-corrected chi connectivity index (χ4v) is 5.22. The van der Waals surface area contributed by atoms with E-state index in [4.69, 9.17) is 22.5 Å². The second kappa shape index (κ2) is 8.03. The molecule has 170 valence electrons. The molecule has 0 amide bonds. The van der Waals surface area contributed by atoms with Gasteiger partial charge in [-0.1, -0.05) is 37.6 Å². The van der Waals surface area contributed by atoms with E-state index in [0.29, 0.717) is 34.7 Å². The summed E-state index contributed by atoms with van der Waals surface area (Å²) in [5, 5.41) is 15.9. The first-order valence-electron chi connectivity index (χ1n) is 10.3. The van der Waals surface area contributed by atoms with Crippen LogP contribution in [-0.4, -0.2) is 14.2 Å². The first-order valence-corrected chi connectivity index (χ1v) is 12.2. The van der Waals surface area contributed by atoms with Crippen molar-refractivity contribution in [3.05, 3.63) is 81.8 Å². The molecule has 0 aromatic heterocycles. The quantitative estimate of drug-likeness (QED) is 0.681. The van der Waals surface area contributed by atoms with Crippen LogP contribution in [0.4, 0.5) is 5.69 Å². The number of carbonyl (C=O) groups excluding carboxylic acids is 1. The molecule has 4 rings (SSSR count). The summed E-state index contributed by atoms with van der Waals surface area (Å²) in [6.07, 6.45) is 0.895. The highest BCUT2D eigenvalue weighted by molar-refractivity contribution is 7.89. The first kappa shape index (κ1) is 23.1. The van der Waals surface area contributed by atoms with Crippen LogP contribution in [0.2, 0.25) is 5.02 Å². The van der Waals surface area contributed by atoms with Crippen molar-refractivity contribution >= 4 is 33.1 Å². The Bertz CT molecular complexity index is 1350. The molecule has 1 aliphatic carbocycles. The van der Waals surface area contributed by atoms with E-state index < -0.39 is 15.9 Å². The molecule has 0 saturated carbocycles. The predicted octanol–water partition coefficient (Wildman–Crippen LogP) is 3.93. The molecule has 0 saturated heterocycles. The van der Waals surface area contributed by atoms with E-state index >= 15 is 0 Å². The van der Waals surface area contributed by atoms with Crippen LogP contribution in [0, 0.1) is 16.7 Å². The normalized spacial score (nSPS) is 20.5. The molecule has 0 radical (unpaired) electrons. The van der Waals surface area contributed by atoms with Crippen molar-refractivity contribution in [3.63, 3.8) is 0 Å². The monoisotopic (exact) mass is 482 g/mol. The lowest BCUT2D eigenvalue weighted by atomic mass is 9.68. The average molecular weight is 483 g/mol. The summed E-state index contributed by atoms with van der Waals surface area (Å²) in [7, 11) is -3.88. The highest BCUT2D eigenvalue weighted by atomic mass is 35.5. The number of nitriles is 1. The smallest absolute Gasteiger partial charge is 0.238 e. The van der Waals surface area contributed by atoms with Gasteiger partial charge in [-0.05, 0) is 53.8 Å². The Morgan fingerprint density at radius 2 is 1.70 bits per heavy atom. The fraction of sp³-hybridized carbons (Fsp3) is 0.250. The summed E-state index contributed by atoms with van der Waals surface area (Å²) >= 11 is 6.06. The maximum absolute atomic E-state index is 13.5. The summed E-state index contributed by atoms with van der Waals surface area (Å²) in [5.74, 6) is -0.544. The van der Waals surface area contributed by atoms with Gasteiger partial charge in [-0.3, -0.25) is 9.69 Å². The van der Waals surface area contributed by atoms with E-state index in [2.05, 4.69) is 6.07 Å². The molecule has 2 aromatic carbocycles. The number of halogens is 1. The molecule has 1 heterocycles. The summed E-state index contributed by atoms with van der Waals surface area (Å²) < 4.78 is 23.4. The molecule has 0 unspecified atom stereocenters. The number of nitrogens with two attached hydrogens (primary N) is 2. The third kappa shape index (κ3) is 4.15. The number of rotatable bonds is 3. The molecule has 7 nitrogen and oxygen atoms in total. The van der Waals surface area contributed by atoms with Crippen LogP contribution in [0.3, 0.4) is 0 Å². The van der Waals surface area contributed by atoms with Crippen LogP contribution in [-0.2, 0) is 14.8 Å². The largest absolute Gasteiger partial charge is 0.384 e. The van der Waals surface area contributed by atoms with Crippen molar-refractivity contribution in [3.8, 4) is 6.07 Å². The molecule has 1 aliphatic heterocycles. The van der Waals surface area contributed by atoms with Crippen LogP contribution in [0.5, 0.6) is 0 Å².